The number of aromatic nitrogens is 1. The minimum absolute atomic E-state index is 0.00420. The van der Waals surface area contributed by atoms with E-state index < -0.39 is 0 Å². The number of likely N-dealkylation sites (tertiary alicyclic amines) is 1. The van der Waals surface area contributed by atoms with Gasteiger partial charge in [0.05, 0.1) is 7.11 Å². The topological polar surface area (TPSA) is 84.7 Å². The van der Waals surface area contributed by atoms with E-state index in [0.29, 0.717) is 31.0 Å². The summed E-state index contributed by atoms with van der Waals surface area (Å²) in [4.78, 5) is 31.0. The van der Waals surface area contributed by atoms with Gasteiger partial charge in [-0.1, -0.05) is 24.3 Å². The van der Waals surface area contributed by atoms with Gasteiger partial charge < -0.3 is 19.4 Å². The molecule has 1 aliphatic rings. The van der Waals surface area contributed by atoms with Crippen molar-refractivity contribution in [3.63, 3.8) is 0 Å². The lowest BCUT2D eigenvalue weighted by Crippen LogP contribution is -2.35. The largest absolute Gasteiger partial charge is 0.497 e. The monoisotopic (exact) mass is 447 g/mol. The number of ether oxygens (including phenoxy) is 1. The van der Waals surface area contributed by atoms with Crippen LogP contribution in [0.5, 0.6) is 5.75 Å². The molecule has 7 nitrogen and oxygen atoms in total. The highest BCUT2D eigenvalue weighted by atomic mass is 16.5. The third-order valence-electron chi connectivity index (χ3n) is 5.83. The van der Waals surface area contributed by atoms with Crippen molar-refractivity contribution in [3.05, 3.63) is 71.6 Å². The van der Waals surface area contributed by atoms with E-state index in [1.54, 1.807) is 7.11 Å². The SMILES string of the molecule is COc1cccc(CCC(=O)NCc2ccc(-c3nc(C(=O)N4CCCCC4)co3)cc2)c1. The Morgan fingerprint density at radius 2 is 1.85 bits per heavy atom. The van der Waals surface area contributed by atoms with E-state index in [1.165, 1.54) is 12.7 Å². The number of benzene rings is 2. The molecular formula is C26H29N3O4. The minimum atomic E-state index is -0.0713. The number of rotatable bonds is 8. The maximum atomic E-state index is 12.6. The fourth-order valence-corrected chi connectivity index (χ4v) is 3.90. The molecule has 33 heavy (non-hydrogen) atoms. The Balaban J connectivity index is 1.27. The Kier molecular flexibility index (Phi) is 7.40. The summed E-state index contributed by atoms with van der Waals surface area (Å²) in [5.41, 5.74) is 3.18. The van der Waals surface area contributed by atoms with E-state index in [2.05, 4.69) is 10.3 Å². The molecule has 0 aliphatic carbocycles. The van der Waals surface area contributed by atoms with Crippen LogP contribution in [-0.4, -0.2) is 41.9 Å². The Morgan fingerprint density at radius 1 is 1.06 bits per heavy atom. The highest BCUT2D eigenvalue weighted by molar-refractivity contribution is 5.92. The van der Waals surface area contributed by atoms with Crippen LogP contribution in [0.4, 0.5) is 0 Å². The second kappa shape index (κ2) is 10.8. The van der Waals surface area contributed by atoms with E-state index in [4.69, 9.17) is 9.15 Å². The van der Waals surface area contributed by atoms with Crippen molar-refractivity contribution in [1.82, 2.24) is 15.2 Å². The Labute approximate surface area is 193 Å². The van der Waals surface area contributed by atoms with E-state index >= 15 is 0 Å². The Hall–Kier alpha value is -3.61. The van der Waals surface area contributed by atoms with Crippen molar-refractivity contribution in [1.29, 1.82) is 0 Å². The maximum Gasteiger partial charge on any atom is 0.275 e. The molecule has 0 unspecified atom stereocenters. The number of nitrogens with zero attached hydrogens (tertiary/aromatic N) is 2. The number of hydrogen-bond acceptors (Lipinski definition) is 5. The quantitative estimate of drug-likeness (QED) is 0.559. The van der Waals surface area contributed by atoms with E-state index in [1.807, 2.05) is 53.4 Å². The third-order valence-corrected chi connectivity index (χ3v) is 5.83. The minimum Gasteiger partial charge on any atom is -0.497 e. The lowest BCUT2D eigenvalue weighted by Gasteiger charge is -2.25. The molecule has 1 aromatic heterocycles. The summed E-state index contributed by atoms with van der Waals surface area (Å²) in [6, 6.07) is 15.4. The number of aryl methyl sites for hydroxylation is 1. The van der Waals surface area contributed by atoms with Crippen LogP contribution in [0.1, 0.15) is 47.3 Å². The van der Waals surface area contributed by atoms with Crippen LogP contribution in [0.2, 0.25) is 0 Å². The first-order chi connectivity index (χ1) is 16.1. The van der Waals surface area contributed by atoms with Crippen LogP contribution in [0.15, 0.2) is 59.2 Å². The number of methoxy groups -OCH3 is 1. The zero-order valence-electron chi connectivity index (χ0n) is 18.9. The summed E-state index contributed by atoms with van der Waals surface area (Å²) in [7, 11) is 1.63. The summed E-state index contributed by atoms with van der Waals surface area (Å²) >= 11 is 0. The summed E-state index contributed by atoms with van der Waals surface area (Å²) in [6.45, 7) is 2.00. The first-order valence-electron chi connectivity index (χ1n) is 11.4. The molecule has 2 amide bonds. The molecule has 3 aromatic rings. The lowest BCUT2D eigenvalue weighted by molar-refractivity contribution is -0.121. The second-order valence-electron chi connectivity index (χ2n) is 8.22. The first-order valence-corrected chi connectivity index (χ1v) is 11.4. The van der Waals surface area contributed by atoms with Gasteiger partial charge in [-0.25, -0.2) is 4.98 Å². The third kappa shape index (κ3) is 6.00. The smallest absolute Gasteiger partial charge is 0.275 e. The molecule has 172 valence electrons. The molecule has 1 aliphatic heterocycles. The molecule has 0 saturated carbocycles. The standard InChI is InChI=1S/C26H29N3O4/c1-32-22-7-5-6-19(16-22)10-13-24(30)27-17-20-8-11-21(12-9-20)25-28-23(18-33-25)26(31)29-14-3-2-4-15-29/h5-9,11-12,16,18H,2-4,10,13-15,17H2,1H3,(H,27,30). The second-order valence-corrected chi connectivity index (χ2v) is 8.22. The van der Waals surface area contributed by atoms with Crippen LogP contribution >= 0.6 is 0 Å². The summed E-state index contributed by atoms with van der Waals surface area (Å²) < 4.78 is 10.8. The number of piperidine rings is 1. The van der Waals surface area contributed by atoms with Gasteiger partial charge in [0.15, 0.2) is 5.69 Å². The van der Waals surface area contributed by atoms with Crippen molar-refractivity contribution in [3.8, 4) is 17.2 Å². The predicted molar refractivity (Wildman–Crippen MR) is 125 cm³/mol. The fraction of sp³-hybridized carbons (Fsp3) is 0.346. The summed E-state index contributed by atoms with van der Waals surface area (Å²) in [5.74, 6) is 1.14. The molecule has 2 aromatic carbocycles. The molecule has 7 heteroatoms. The van der Waals surface area contributed by atoms with Crippen LogP contribution in [0, 0.1) is 0 Å². The van der Waals surface area contributed by atoms with Crippen LogP contribution in [0.25, 0.3) is 11.5 Å². The van der Waals surface area contributed by atoms with E-state index in [9.17, 15) is 9.59 Å². The average Bonchev–Trinajstić information content (AvgIpc) is 3.37. The van der Waals surface area contributed by atoms with Crippen molar-refractivity contribution < 1.29 is 18.7 Å². The van der Waals surface area contributed by atoms with Gasteiger partial charge in [-0.2, -0.15) is 0 Å². The van der Waals surface area contributed by atoms with Gasteiger partial charge in [0.1, 0.15) is 12.0 Å². The zero-order valence-corrected chi connectivity index (χ0v) is 18.9. The molecular weight excluding hydrogens is 418 g/mol. The van der Waals surface area contributed by atoms with Gasteiger partial charge in [0, 0.05) is 31.6 Å². The van der Waals surface area contributed by atoms with Gasteiger partial charge in [-0.05, 0) is 61.1 Å². The fourth-order valence-electron chi connectivity index (χ4n) is 3.90. The van der Waals surface area contributed by atoms with Crippen LogP contribution < -0.4 is 10.1 Å². The van der Waals surface area contributed by atoms with Crippen LogP contribution in [-0.2, 0) is 17.8 Å². The maximum absolute atomic E-state index is 12.6. The number of carbonyl (C=O) groups excluding carboxylic acids is 2. The summed E-state index contributed by atoms with van der Waals surface area (Å²) in [6.07, 6.45) is 5.75. The molecule has 0 atom stereocenters. The molecule has 0 radical (unpaired) electrons. The van der Waals surface area contributed by atoms with Gasteiger partial charge in [0.25, 0.3) is 5.91 Å². The number of carbonyl (C=O) groups is 2. The highest BCUT2D eigenvalue weighted by Crippen LogP contribution is 2.21. The Morgan fingerprint density at radius 3 is 2.61 bits per heavy atom. The number of hydrogen-bond donors (Lipinski definition) is 1. The molecule has 4 rings (SSSR count). The van der Waals surface area contributed by atoms with Crippen molar-refractivity contribution in [2.75, 3.05) is 20.2 Å². The molecule has 0 bridgehead atoms. The van der Waals surface area contributed by atoms with Gasteiger partial charge in [-0.15, -0.1) is 0 Å². The molecule has 0 spiro atoms. The highest BCUT2D eigenvalue weighted by Gasteiger charge is 2.21. The van der Waals surface area contributed by atoms with Gasteiger partial charge >= 0.3 is 0 Å². The number of nitrogens with one attached hydrogen (secondary N) is 1. The zero-order chi connectivity index (χ0) is 23.0. The van der Waals surface area contributed by atoms with E-state index in [0.717, 1.165) is 48.4 Å². The molecule has 1 N–H and O–H groups in total. The van der Waals surface area contributed by atoms with Crippen LogP contribution in [0.3, 0.4) is 0 Å². The first kappa shape index (κ1) is 22.6. The number of amides is 2. The predicted octanol–water partition coefficient (Wildman–Crippen LogP) is 4.23. The average molecular weight is 448 g/mol. The van der Waals surface area contributed by atoms with Crippen molar-refractivity contribution in [2.45, 2.75) is 38.6 Å². The normalized spacial score (nSPS) is 13.5. The lowest BCUT2D eigenvalue weighted by atomic mass is 10.1. The molecule has 1 fully saturated rings. The van der Waals surface area contributed by atoms with Gasteiger partial charge in [0.2, 0.25) is 11.8 Å². The summed E-state index contributed by atoms with van der Waals surface area (Å²) in [5, 5.41) is 2.95. The molecule has 2 heterocycles. The van der Waals surface area contributed by atoms with E-state index in [-0.39, 0.29) is 11.8 Å². The Bertz CT molecular complexity index is 1080. The van der Waals surface area contributed by atoms with Crippen molar-refractivity contribution >= 4 is 11.8 Å². The molecule has 1 saturated heterocycles. The van der Waals surface area contributed by atoms with Gasteiger partial charge in [-0.3, -0.25) is 9.59 Å². The van der Waals surface area contributed by atoms with Crippen molar-refractivity contribution in [2.24, 2.45) is 0 Å². The number of oxazole rings is 1.